The minimum Gasteiger partial charge on any atom is -0.381 e. The average Bonchev–Trinajstić information content (AvgIpc) is 2.40. The lowest BCUT2D eigenvalue weighted by Gasteiger charge is -2.56. The van der Waals surface area contributed by atoms with Crippen LogP contribution in [0.15, 0.2) is 0 Å². The zero-order valence-corrected chi connectivity index (χ0v) is 13.7. The van der Waals surface area contributed by atoms with E-state index in [-0.39, 0.29) is 12.0 Å². The standard InChI is InChI=1S/C15H23F3O4S/c16-13(15(17,18)23(19,20)21)1-2-22-9-14-6-10-3-11(7-14)5-12(4-10)8-14/h10-13H,1-9H2,(H,19,20,21). The topological polar surface area (TPSA) is 63.6 Å². The summed E-state index contributed by atoms with van der Waals surface area (Å²) >= 11 is 0. The molecule has 4 bridgehead atoms. The quantitative estimate of drug-likeness (QED) is 0.561. The van der Waals surface area contributed by atoms with Gasteiger partial charge in [0.05, 0.1) is 6.61 Å². The lowest BCUT2D eigenvalue weighted by Crippen LogP contribution is -2.48. The molecule has 0 radical (unpaired) electrons. The molecule has 0 saturated heterocycles. The molecule has 4 aliphatic carbocycles. The molecule has 0 aromatic carbocycles. The van der Waals surface area contributed by atoms with Crippen LogP contribution in [0.3, 0.4) is 0 Å². The van der Waals surface area contributed by atoms with Gasteiger partial charge in [-0.2, -0.15) is 17.2 Å². The van der Waals surface area contributed by atoms with E-state index >= 15 is 0 Å². The van der Waals surface area contributed by atoms with Crippen molar-refractivity contribution in [2.24, 2.45) is 23.2 Å². The first-order valence-corrected chi connectivity index (χ1v) is 9.62. The summed E-state index contributed by atoms with van der Waals surface area (Å²) in [5.74, 6) is 2.22. The van der Waals surface area contributed by atoms with Gasteiger partial charge in [-0.3, -0.25) is 4.55 Å². The van der Waals surface area contributed by atoms with Crippen molar-refractivity contribution < 1.29 is 30.9 Å². The fraction of sp³-hybridized carbons (Fsp3) is 1.00. The Morgan fingerprint density at radius 3 is 2.04 bits per heavy atom. The third kappa shape index (κ3) is 3.39. The second-order valence-electron chi connectivity index (χ2n) is 7.76. The molecule has 8 heteroatoms. The van der Waals surface area contributed by atoms with Gasteiger partial charge in [0.25, 0.3) is 0 Å². The highest BCUT2D eigenvalue weighted by Crippen LogP contribution is 2.60. The second-order valence-corrected chi connectivity index (χ2v) is 9.26. The Kier molecular flexibility index (Phi) is 4.47. The van der Waals surface area contributed by atoms with Crippen molar-refractivity contribution in [2.45, 2.75) is 56.4 Å². The maximum atomic E-state index is 13.4. The van der Waals surface area contributed by atoms with Gasteiger partial charge in [0, 0.05) is 13.0 Å². The molecule has 1 N–H and O–H groups in total. The summed E-state index contributed by atoms with van der Waals surface area (Å²) in [4.78, 5) is 0. The van der Waals surface area contributed by atoms with E-state index in [0.29, 0.717) is 6.61 Å². The Hall–Kier alpha value is -0.340. The van der Waals surface area contributed by atoms with Gasteiger partial charge in [-0.05, 0) is 61.7 Å². The normalized spacial score (nSPS) is 38.0. The minimum absolute atomic E-state index is 0.103. The van der Waals surface area contributed by atoms with Gasteiger partial charge >= 0.3 is 15.4 Å². The smallest absolute Gasteiger partial charge is 0.381 e. The van der Waals surface area contributed by atoms with Crippen molar-refractivity contribution in [1.29, 1.82) is 0 Å². The number of rotatable bonds is 7. The van der Waals surface area contributed by atoms with E-state index in [1.54, 1.807) is 0 Å². The van der Waals surface area contributed by atoms with Gasteiger partial charge in [0.1, 0.15) is 0 Å². The molecule has 1 atom stereocenters. The van der Waals surface area contributed by atoms with Crippen LogP contribution in [0.1, 0.15) is 44.9 Å². The first-order valence-electron chi connectivity index (χ1n) is 8.18. The summed E-state index contributed by atoms with van der Waals surface area (Å²) in [7, 11) is -5.74. The van der Waals surface area contributed by atoms with Crippen LogP contribution in [0.2, 0.25) is 0 Å². The predicted molar refractivity (Wildman–Crippen MR) is 77.4 cm³/mol. The fourth-order valence-corrected chi connectivity index (χ4v) is 5.71. The van der Waals surface area contributed by atoms with Gasteiger partial charge in [-0.25, -0.2) is 4.39 Å². The molecule has 4 nitrogen and oxygen atoms in total. The van der Waals surface area contributed by atoms with Gasteiger partial charge in [-0.1, -0.05) is 0 Å². The van der Waals surface area contributed by atoms with Gasteiger partial charge < -0.3 is 4.74 Å². The van der Waals surface area contributed by atoms with Crippen LogP contribution in [-0.2, 0) is 14.9 Å². The van der Waals surface area contributed by atoms with Crippen molar-refractivity contribution in [3.8, 4) is 0 Å². The molecule has 4 aliphatic rings. The first-order chi connectivity index (χ1) is 10.6. The summed E-state index contributed by atoms with van der Waals surface area (Å²) in [6, 6.07) is 0. The Morgan fingerprint density at radius 1 is 1.13 bits per heavy atom. The molecule has 0 heterocycles. The fourth-order valence-electron chi connectivity index (χ4n) is 5.27. The predicted octanol–water partition coefficient (Wildman–Crippen LogP) is 3.43. The molecule has 4 rings (SSSR count). The molecule has 134 valence electrons. The molecule has 4 fully saturated rings. The highest BCUT2D eigenvalue weighted by atomic mass is 32.2. The first kappa shape index (κ1) is 17.5. The van der Waals surface area contributed by atoms with Crippen LogP contribution in [0.5, 0.6) is 0 Å². The molecular weight excluding hydrogens is 333 g/mol. The van der Waals surface area contributed by atoms with E-state index in [4.69, 9.17) is 9.29 Å². The lowest BCUT2D eigenvalue weighted by atomic mass is 9.50. The zero-order chi connectivity index (χ0) is 16.9. The number of hydrogen-bond donors (Lipinski definition) is 1. The third-order valence-corrected chi connectivity index (χ3v) is 6.74. The maximum Gasteiger partial charge on any atom is 0.400 e. The Morgan fingerprint density at radius 2 is 1.61 bits per heavy atom. The lowest BCUT2D eigenvalue weighted by molar-refractivity contribution is -0.101. The summed E-state index contributed by atoms with van der Waals surface area (Å²) in [5, 5.41) is -4.78. The van der Waals surface area contributed by atoms with Crippen LogP contribution in [0.4, 0.5) is 13.2 Å². The number of ether oxygens (including phenoxy) is 1. The summed E-state index contributed by atoms with van der Waals surface area (Å²) in [6.07, 6.45) is 3.43. The van der Waals surface area contributed by atoms with Crippen molar-refractivity contribution in [1.82, 2.24) is 0 Å². The van der Waals surface area contributed by atoms with Crippen molar-refractivity contribution >= 4 is 10.1 Å². The molecule has 1 unspecified atom stereocenters. The van der Waals surface area contributed by atoms with Crippen LogP contribution < -0.4 is 0 Å². The summed E-state index contributed by atoms with van der Waals surface area (Å²) in [5.41, 5.74) is 0.103. The highest BCUT2D eigenvalue weighted by molar-refractivity contribution is 7.86. The van der Waals surface area contributed by atoms with Crippen LogP contribution in [0, 0.1) is 23.2 Å². The van der Waals surface area contributed by atoms with Crippen LogP contribution in [-0.4, -0.2) is 37.6 Å². The number of halogens is 3. The minimum atomic E-state index is -5.74. The van der Waals surface area contributed by atoms with E-state index in [9.17, 15) is 21.6 Å². The summed E-state index contributed by atoms with van der Waals surface area (Å²) < 4.78 is 74.4. The van der Waals surface area contributed by atoms with Gasteiger partial charge in [-0.15, -0.1) is 0 Å². The highest BCUT2D eigenvalue weighted by Gasteiger charge is 2.53. The van der Waals surface area contributed by atoms with Crippen LogP contribution >= 0.6 is 0 Å². The van der Waals surface area contributed by atoms with Crippen molar-refractivity contribution in [3.05, 3.63) is 0 Å². The van der Waals surface area contributed by atoms with E-state index in [0.717, 1.165) is 37.0 Å². The number of alkyl halides is 3. The molecule has 0 spiro atoms. The van der Waals surface area contributed by atoms with E-state index in [1.165, 1.54) is 19.3 Å². The molecule has 0 aromatic heterocycles. The molecule has 0 aromatic rings. The van der Waals surface area contributed by atoms with Crippen LogP contribution in [0.25, 0.3) is 0 Å². The molecule has 4 saturated carbocycles. The average molecular weight is 356 g/mol. The molecular formula is C15H23F3O4S. The van der Waals surface area contributed by atoms with Gasteiger partial charge in [0.15, 0.2) is 6.17 Å². The Labute approximate surface area is 134 Å². The van der Waals surface area contributed by atoms with E-state index in [2.05, 4.69) is 0 Å². The van der Waals surface area contributed by atoms with Gasteiger partial charge in [0.2, 0.25) is 0 Å². The Balaban J connectivity index is 1.47. The number of hydrogen-bond acceptors (Lipinski definition) is 3. The van der Waals surface area contributed by atoms with Crippen molar-refractivity contribution in [2.75, 3.05) is 13.2 Å². The monoisotopic (exact) mass is 356 g/mol. The molecule has 0 amide bonds. The summed E-state index contributed by atoms with van der Waals surface area (Å²) in [6.45, 7) is 0.161. The Bertz CT molecular complexity index is 514. The van der Waals surface area contributed by atoms with E-state index < -0.39 is 28.0 Å². The maximum absolute atomic E-state index is 13.4. The second kappa shape index (κ2) is 5.88. The van der Waals surface area contributed by atoms with E-state index in [1.807, 2.05) is 0 Å². The zero-order valence-electron chi connectivity index (χ0n) is 12.9. The van der Waals surface area contributed by atoms with Crippen molar-refractivity contribution in [3.63, 3.8) is 0 Å². The largest absolute Gasteiger partial charge is 0.400 e. The molecule has 0 aliphatic heterocycles. The SMILES string of the molecule is O=S(=O)(O)C(F)(F)C(F)CCOCC12CC3CC(CC(C3)C1)C2. The third-order valence-electron chi connectivity index (χ3n) is 5.80. The molecule has 23 heavy (non-hydrogen) atoms.